The maximum Gasteiger partial charge on any atom is 0.410 e. The second-order valence-electron chi connectivity index (χ2n) is 28.2. The molecule has 0 radical (unpaired) electrons. The van der Waals surface area contributed by atoms with Gasteiger partial charge in [0.1, 0.15) is 28.7 Å². The summed E-state index contributed by atoms with van der Waals surface area (Å²) in [5.41, 5.74) is -4.61. The van der Waals surface area contributed by atoms with Gasteiger partial charge in [0.25, 0.3) is 28.9 Å². The van der Waals surface area contributed by atoms with Gasteiger partial charge in [-0.05, 0) is 173 Å². The number of hydrogen-bond acceptors (Lipinski definition) is 17. The first-order valence-electron chi connectivity index (χ1n) is 32.7. The number of alkyl halides is 7. The van der Waals surface area contributed by atoms with Crippen molar-refractivity contribution in [2.75, 3.05) is 70.2 Å². The Morgan fingerprint density at radius 3 is 1.53 bits per heavy atom. The average molecular weight is 1480 g/mol. The van der Waals surface area contributed by atoms with Crippen LogP contribution in [0.4, 0.5) is 42.8 Å². The van der Waals surface area contributed by atoms with E-state index in [-0.39, 0.29) is 103 Å². The molecule has 0 bridgehead atoms. The highest BCUT2D eigenvalue weighted by molar-refractivity contribution is 9.10. The first-order chi connectivity index (χ1) is 45.5. The van der Waals surface area contributed by atoms with E-state index in [1.54, 1.807) is 70.1 Å². The maximum absolute atomic E-state index is 14.9. The van der Waals surface area contributed by atoms with E-state index >= 15 is 0 Å². The molecular formula is C69H94BrClF6N10O12. The third-order valence-corrected chi connectivity index (χ3v) is 17.6. The number of rotatable bonds is 18. The summed E-state index contributed by atoms with van der Waals surface area (Å²) in [7, 11) is 1.40. The van der Waals surface area contributed by atoms with Crippen LogP contribution < -0.4 is 41.3 Å². The summed E-state index contributed by atoms with van der Waals surface area (Å²) < 4.78 is 109. The maximum atomic E-state index is 14.9. The number of amides is 3. The van der Waals surface area contributed by atoms with Crippen LogP contribution >= 0.6 is 28.3 Å². The SMILES string of the molecule is CC(Br)C(=O)Nc1ccc(OCC2CC2)cn1.CC(C)(O)c1cc(C2CNCCC2(F)F)c[nH]c1=O.COc1ncc(C2CN(C(=O)OC(C)(C)C)CCC2(F)F)cc1C(C)(C)O.C[C@@H](C(=O)Nc1ccc(OCC2CC2)cn1)N1CCC(F)(F)[C@@H](c2c[nH]c(=O)c(C(C)(C)O)c2)C1.Cl. The fraction of sp³-hybridized carbons (Fsp3) is 0.594. The fourth-order valence-corrected chi connectivity index (χ4v) is 10.9. The zero-order chi connectivity index (χ0) is 72.5. The van der Waals surface area contributed by atoms with E-state index in [9.17, 15) is 65.6 Å². The Balaban J connectivity index is 0.000000216. The molecule has 3 unspecified atom stereocenters. The Kier molecular flexibility index (Phi) is 27.3. The number of H-pyrrole nitrogens is 2. The highest BCUT2D eigenvalue weighted by Gasteiger charge is 2.49. The standard InChI is InChI=1S/C25H32F2N4O4.C19H28F2N2O4.C13H18F2N2O2.C12H15BrN2O2.ClH/c1-15(22(32)30-21-7-6-18(12-28-21)35-14-16-4-5-16)31-9-8-25(26,27)20(13-31)17-10-19(24(2,3)34)23(33)29-11-17;1-17(2,3)27-16(24)23-8-7-19(20,21)14(11-23)12-9-13(18(4,5)25)15(26-6)22-10-12;1-12(2,19)9-5-8(6-17-11(9)18)10-7-16-4-3-13(10,14)15;1-8(13)12(16)15-11-5-4-10(6-14-11)17-7-9-2-3-9;/h6-7,10-12,15-16,20,34H,4-5,8-9,13-14H2,1-3H3,(H,29,33)(H,28,30,32);9-10,14,25H,7-8,11H2,1-6H3;5-6,10,16,19H,3-4,7H2,1-2H3,(H,17,18);4-6,8-9H,2-3,7H2,1H3,(H,14,15,16);1H/t15-,20+;;;;/m0..../s1. The molecule has 5 aromatic rings. The summed E-state index contributed by atoms with van der Waals surface area (Å²) in [5.74, 6) is -8.98. The second kappa shape index (κ2) is 33.3. The summed E-state index contributed by atoms with van der Waals surface area (Å²) in [6.07, 6.45) is 10.2. The van der Waals surface area contributed by atoms with Crippen molar-refractivity contribution in [1.82, 2.24) is 40.0 Å². The number of nitrogens with zero attached hydrogens (tertiary/aromatic N) is 5. The largest absolute Gasteiger partial charge is 0.492 e. The van der Waals surface area contributed by atoms with Gasteiger partial charge in [-0.15, -0.1) is 12.4 Å². The molecular weight excluding hydrogens is 1390 g/mol. The molecule has 5 fully saturated rings. The third kappa shape index (κ3) is 23.6. The van der Waals surface area contributed by atoms with Crippen LogP contribution in [0.15, 0.2) is 83.0 Å². The van der Waals surface area contributed by atoms with E-state index in [0.29, 0.717) is 41.0 Å². The molecule has 30 heteroatoms. The molecule has 5 atom stereocenters. The zero-order valence-electron chi connectivity index (χ0n) is 57.9. The minimum Gasteiger partial charge on any atom is -0.492 e. The molecule has 548 valence electrons. The average Bonchev–Trinajstić information content (AvgIpc) is 1.34. The summed E-state index contributed by atoms with van der Waals surface area (Å²) in [6.45, 7) is 19.0. The van der Waals surface area contributed by atoms with Gasteiger partial charge in [0.15, 0.2) is 0 Å². The molecule has 3 saturated heterocycles. The molecule has 22 nitrogen and oxygen atoms in total. The topological polar surface area (TPSA) is 296 Å². The van der Waals surface area contributed by atoms with E-state index in [0.717, 1.165) is 18.3 Å². The molecule has 2 aliphatic carbocycles. The summed E-state index contributed by atoms with van der Waals surface area (Å²) in [5, 5.41) is 38.9. The Hall–Kier alpha value is -6.89. The third-order valence-electron chi connectivity index (χ3n) is 17.2. The van der Waals surface area contributed by atoms with Crippen LogP contribution in [0.3, 0.4) is 0 Å². The lowest BCUT2D eigenvalue weighted by molar-refractivity contribution is -0.125. The number of likely N-dealkylation sites (tertiary alicyclic amines) is 2. The van der Waals surface area contributed by atoms with Crippen LogP contribution in [0, 0.1) is 11.8 Å². The molecule has 10 rings (SSSR count). The summed E-state index contributed by atoms with van der Waals surface area (Å²) >= 11 is 3.19. The lowest BCUT2D eigenvalue weighted by Crippen LogP contribution is -2.52. The molecule has 2 saturated carbocycles. The number of piperidine rings is 3. The van der Waals surface area contributed by atoms with Crippen LogP contribution in [0.1, 0.15) is 172 Å². The van der Waals surface area contributed by atoms with Crippen molar-refractivity contribution in [2.24, 2.45) is 11.8 Å². The molecule has 8 heterocycles. The molecule has 99 heavy (non-hydrogen) atoms. The van der Waals surface area contributed by atoms with Crippen molar-refractivity contribution >= 4 is 57.9 Å². The molecule has 5 aliphatic rings. The number of pyridine rings is 5. The van der Waals surface area contributed by atoms with Gasteiger partial charge in [0.2, 0.25) is 17.7 Å². The number of nitrogens with one attached hydrogen (secondary N) is 5. The number of ether oxygens (including phenoxy) is 4. The van der Waals surface area contributed by atoms with Crippen LogP contribution in [-0.2, 0) is 31.1 Å². The fourth-order valence-electron chi connectivity index (χ4n) is 10.8. The van der Waals surface area contributed by atoms with Gasteiger partial charge < -0.3 is 65.1 Å². The number of aromatic amines is 2. The van der Waals surface area contributed by atoms with Gasteiger partial charge >= 0.3 is 6.09 Å². The van der Waals surface area contributed by atoms with Crippen molar-refractivity contribution in [2.45, 2.75) is 190 Å². The van der Waals surface area contributed by atoms with Gasteiger partial charge in [-0.1, -0.05) is 15.9 Å². The minimum absolute atomic E-state index is 0. The molecule has 8 N–H and O–H groups in total. The van der Waals surface area contributed by atoms with Crippen molar-refractivity contribution in [3.63, 3.8) is 0 Å². The smallest absolute Gasteiger partial charge is 0.410 e. The Bertz CT molecular complexity index is 3630. The lowest BCUT2D eigenvalue weighted by atomic mass is 9.85. The summed E-state index contributed by atoms with van der Waals surface area (Å²) in [6, 6.07) is 10.5. The summed E-state index contributed by atoms with van der Waals surface area (Å²) in [4.78, 5) is 80.4. The second-order valence-corrected chi connectivity index (χ2v) is 29.6. The van der Waals surface area contributed by atoms with E-state index in [2.05, 4.69) is 56.8 Å². The Morgan fingerprint density at radius 1 is 0.636 bits per heavy atom. The van der Waals surface area contributed by atoms with E-state index < -0.39 is 94.0 Å². The van der Waals surface area contributed by atoms with Crippen LogP contribution in [0.25, 0.3) is 0 Å². The molecule has 0 spiro atoms. The van der Waals surface area contributed by atoms with Gasteiger partial charge in [0, 0.05) is 93.8 Å². The van der Waals surface area contributed by atoms with E-state index in [1.165, 1.54) is 116 Å². The monoisotopic (exact) mass is 1480 g/mol. The number of anilines is 2. The van der Waals surface area contributed by atoms with Crippen molar-refractivity contribution in [1.29, 1.82) is 0 Å². The Labute approximate surface area is 587 Å². The number of carbonyl (C=O) groups is 3. The normalized spacial score (nSPS) is 20.4. The van der Waals surface area contributed by atoms with Crippen molar-refractivity contribution < 1.29 is 75.0 Å². The number of halogens is 8. The van der Waals surface area contributed by atoms with Crippen LogP contribution in [0.5, 0.6) is 17.4 Å². The van der Waals surface area contributed by atoms with E-state index in [4.69, 9.17) is 18.9 Å². The minimum atomic E-state index is -3.03. The number of aliphatic hydroxyl groups is 3. The molecule has 0 aromatic carbocycles. The number of methoxy groups -OCH3 is 1. The number of aromatic nitrogens is 5. The molecule has 3 amide bonds. The van der Waals surface area contributed by atoms with Gasteiger partial charge in [0.05, 0.1) is 78.1 Å². The van der Waals surface area contributed by atoms with Crippen LogP contribution in [-0.4, -0.2) is 162 Å². The number of hydrogen-bond donors (Lipinski definition) is 8. The predicted octanol–water partition coefficient (Wildman–Crippen LogP) is 11.2. The van der Waals surface area contributed by atoms with Crippen LogP contribution in [0.2, 0.25) is 0 Å². The van der Waals surface area contributed by atoms with Gasteiger partial charge in [-0.3, -0.25) is 24.1 Å². The molecule has 5 aromatic heterocycles. The highest BCUT2D eigenvalue weighted by Crippen LogP contribution is 2.44. The van der Waals surface area contributed by atoms with Gasteiger partial charge in [-0.2, -0.15) is 0 Å². The van der Waals surface area contributed by atoms with Gasteiger partial charge in [-0.25, -0.2) is 46.1 Å². The predicted molar refractivity (Wildman–Crippen MR) is 367 cm³/mol. The lowest BCUT2D eigenvalue weighted by Gasteiger charge is -2.41. The highest BCUT2D eigenvalue weighted by atomic mass is 79.9. The van der Waals surface area contributed by atoms with E-state index in [1.807, 2.05) is 6.07 Å². The Morgan fingerprint density at radius 2 is 1.09 bits per heavy atom. The molecule has 3 aliphatic heterocycles. The van der Waals surface area contributed by atoms with Crippen molar-refractivity contribution in [3.05, 3.63) is 128 Å². The number of carbonyl (C=O) groups excluding carboxylic acids is 3. The first kappa shape index (κ1) is 81.1. The van der Waals surface area contributed by atoms with Crippen molar-refractivity contribution in [3.8, 4) is 17.4 Å². The quantitative estimate of drug-likeness (QED) is 0.0299. The first-order valence-corrected chi connectivity index (χ1v) is 33.6. The zero-order valence-corrected chi connectivity index (χ0v) is 60.3.